The predicted octanol–water partition coefficient (Wildman–Crippen LogP) is 3.01. The van der Waals surface area contributed by atoms with Crippen molar-refractivity contribution in [1.82, 2.24) is 14.5 Å². The van der Waals surface area contributed by atoms with E-state index in [0.29, 0.717) is 19.4 Å². The van der Waals surface area contributed by atoms with Crippen LogP contribution in [0.25, 0.3) is 11.0 Å². The summed E-state index contributed by atoms with van der Waals surface area (Å²) in [5, 5.41) is 20.7. The largest absolute Gasteiger partial charge is 0.493 e. The SMILES string of the molecule is NS(=O)(=O)OC(C1C=CC=C1)[C@@H]1C[C@@H](n2ccc3c(N[C@H]4CCOc5ccccc54)ncnc32)C[C@@H]1O. The van der Waals surface area contributed by atoms with Crippen molar-refractivity contribution in [2.24, 2.45) is 17.0 Å². The Hall–Kier alpha value is -3.25. The molecule has 0 radical (unpaired) electrons. The maximum Gasteiger partial charge on any atom is 0.333 e. The topological polar surface area (TPSA) is 142 Å². The lowest BCUT2D eigenvalue weighted by molar-refractivity contribution is 0.0374. The van der Waals surface area contributed by atoms with Gasteiger partial charge in [0.25, 0.3) is 0 Å². The predicted molar refractivity (Wildman–Crippen MR) is 138 cm³/mol. The molecule has 1 aliphatic heterocycles. The Morgan fingerprint density at radius 1 is 1.16 bits per heavy atom. The van der Waals surface area contributed by atoms with Gasteiger partial charge < -0.3 is 19.7 Å². The number of aliphatic hydroxyl groups excluding tert-OH is 1. The Kier molecular flexibility index (Phi) is 6.23. The molecule has 0 bridgehead atoms. The Labute approximate surface area is 215 Å². The van der Waals surface area contributed by atoms with Crippen LogP contribution in [0.3, 0.4) is 0 Å². The molecule has 37 heavy (non-hydrogen) atoms. The molecule has 1 fully saturated rings. The first-order valence-electron chi connectivity index (χ1n) is 12.4. The van der Waals surface area contributed by atoms with E-state index in [4.69, 9.17) is 14.1 Å². The highest BCUT2D eigenvalue weighted by Crippen LogP contribution is 2.43. The second-order valence-corrected chi connectivity index (χ2v) is 11.0. The minimum atomic E-state index is -4.19. The molecule has 2 aromatic heterocycles. The summed E-state index contributed by atoms with van der Waals surface area (Å²) >= 11 is 0. The number of nitrogens with two attached hydrogens (primary N) is 1. The number of nitrogens with zero attached hydrogens (tertiary/aromatic N) is 3. The van der Waals surface area contributed by atoms with Crippen LogP contribution in [0.15, 0.2) is 67.2 Å². The van der Waals surface area contributed by atoms with Crippen LogP contribution in [-0.4, -0.2) is 46.9 Å². The molecule has 0 saturated heterocycles. The van der Waals surface area contributed by atoms with E-state index in [9.17, 15) is 13.5 Å². The van der Waals surface area contributed by atoms with Gasteiger partial charge in [-0.15, -0.1) is 0 Å². The first-order valence-corrected chi connectivity index (χ1v) is 13.9. The lowest BCUT2D eigenvalue weighted by Crippen LogP contribution is -2.38. The molecule has 194 valence electrons. The highest BCUT2D eigenvalue weighted by molar-refractivity contribution is 7.84. The highest BCUT2D eigenvalue weighted by atomic mass is 32.2. The third-order valence-corrected chi connectivity index (χ3v) is 8.04. The molecule has 5 atom stereocenters. The molecule has 1 aromatic carbocycles. The van der Waals surface area contributed by atoms with Gasteiger partial charge in [0, 0.05) is 36.1 Å². The van der Waals surface area contributed by atoms with E-state index >= 15 is 0 Å². The monoisotopic (exact) mass is 523 g/mol. The number of hydrogen-bond donors (Lipinski definition) is 3. The lowest BCUT2D eigenvalue weighted by atomic mass is 9.89. The van der Waals surface area contributed by atoms with Crippen LogP contribution in [0.2, 0.25) is 0 Å². The molecule has 1 saturated carbocycles. The Bertz CT molecular complexity index is 1460. The van der Waals surface area contributed by atoms with Gasteiger partial charge in [-0.25, -0.2) is 15.1 Å². The molecule has 3 aromatic rings. The van der Waals surface area contributed by atoms with Gasteiger partial charge >= 0.3 is 10.3 Å². The number of nitrogens with one attached hydrogen (secondary N) is 1. The Balaban J connectivity index is 1.26. The number of fused-ring (bicyclic) bond motifs is 2. The maximum atomic E-state index is 11.8. The normalized spacial score (nSPS) is 26.3. The number of anilines is 1. The van der Waals surface area contributed by atoms with Crippen LogP contribution in [0.4, 0.5) is 5.82 Å². The fourth-order valence-corrected chi connectivity index (χ4v) is 6.46. The van der Waals surface area contributed by atoms with E-state index in [0.717, 1.165) is 34.6 Å². The van der Waals surface area contributed by atoms with Crippen LogP contribution in [0.5, 0.6) is 5.75 Å². The summed E-state index contributed by atoms with van der Waals surface area (Å²) in [6.45, 7) is 0.623. The smallest absolute Gasteiger partial charge is 0.333 e. The standard InChI is InChI=1S/C26H29N5O5S/c27-37(33,34)36-24(16-5-1-2-6-16)20-13-17(14-22(20)32)31-11-9-19-25(28-15-29-26(19)31)30-21-10-12-35-23-8-4-3-7-18(21)23/h1-9,11,15-17,20-22,24,32H,10,12-14H2,(H2,27,33,34)(H,28,29,30)/t17-,20-,21+,22+,24?/m1/s1. The molecule has 3 heterocycles. The van der Waals surface area contributed by atoms with Crippen molar-refractivity contribution in [3.63, 3.8) is 0 Å². The summed E-state index contributed by atoms with van der Waals surface area (Å²) in [5.41, 5.74) is 1.85. The van der Waals surface area contributed by atoms with Gasteiger partial charge in [-0.3, -0.25) is 4.18 Å². The van der Waals surface area contributed by atoms with Crippen molar-refractivity contribution in [1.29, 1.82) is 0 Å². The number of benzene rings is 1. The van der Waals surface area contributed by atoms with Crippen molar-refractivity contribution < 1.29 is 22.4 Å². The molecule has 4 N–H and O–H groups in total. The zero-order valence-electron chi connectivity index (χ0n) is 20.1. The van der Waals surface area contributed by atoms with E-state index in [1.807, 2.05) is 59.3 Å². The molecule has 0 spiro atoms. The fourth-order valence-electron chi connectivity index (χ4n) is 5.88. The number of ether oxygens (including phenoxy) is 1. The van der Waals surface area contributed by atoms with Crippen molar-refractivity contribution in [3.8, 4) is 5.75 Å². The second-order valence-electron chi connectivity index (χ2n) is 9.81. The third kappa shape index (κ3) is 4.75. The minimum absolute atomic E-state index is 0.0627. The molecule has 2 aliphatic carbocycles. The molecule has 0 amide bonds. The number of para-hydroxylation sites is 1. The Morgan fingerprint density at radius 2 is 1.97 bits per heavy atom. The van der Waals surface area contributed by atoms with E-state index < -0.39 is 28.4 Å². The van der Waals surface area contributed by atoms with Gasteiger partial charge in [0.05, 0.1) is 30.2 Å². The van der Waals surface area contributed by atoms with E-state index in [2.05, 4.69) is 21.4 Å². The molecule has 10 nitrogen and oxygen atoms in total. The maximum absolute atomic E-state index is 11.8. The van der Waals surface area contributed by atoms with Crippen LogP contribution in [-0.2, 0) is 14.5 Å². The van der Waals surface area contributed by atoms with Gasteiger partial charge in [-0.05, 0) is 25.0 Å². The first kappa shape index (κ1) is 24.1. The zero-order chi connectivity index (χ0) is 25.6. The van der Waals surface area contributed by atoms with Gasteiger partial charge in [0.1, 0.15) is 23.5 Å². The number of hydrogen-bond acceptors (Lipinski definition) is 8. The average molecular weight is 524 g/mol. The fraction of sp³-hybridized carbons (Fsp3) is 0.385. The van der Waals surface area contributed by atoms with Crippen molar-refractivity contribution in [2.75, 3.05) is 11.9 Å². The van der Waals surface area contributed by atoms with Crippen molar-refractivity contribution in [2.45, 2.75) is 43.6 Å². The minimum Gasteiger partial charge on any atom is -0.493 e. The van der Waals surface area contributed by atoms with Crippen LogP contribution < -0.4 is 15.2 Å². The molecule has 6 rings (SSSR count). The molecule has 3 aliphatic rings. The number of aromatic nitrogens is 3. The summed E-state index contributed by atoms with van der Waals surface area (Å²) in [4.78, 5) is 9.07. The summed E-state index contributed by atoms with van der Waals surface area (Å²) in [6.07, 6.45) is 11.1. The van der Waals surface area contributed by atoms with Gasteiger partial charge in [0.15, 0.2) is 0 Å². The zero-order valence-corrected chi connectivity index (χ0v) is 20.9. The van der Waals surface area contributed by atoms with Gasteiger partial charge in [0.2, 0.25) is 0 Å². The third-order valence-electron chi connectivity index (χ3n) is 7.55. The van der Waals surface area contributed by atoms with Crippen LogP contribution in [0, 0.1) is 11.8 Å². The van der Waals surface area contributed by atoms with Gasteiger partial charge in [-0.1, -0.05) is 42.5 Å². The summed E-state index contributed by atoms with van der Waals surface area (Å²) < 4.78 is 36.8. The quantitative estimate of drug-likeness (QED) is 0.429. The first-order chi connectivity index (χ1) is 17.9. The summed E-state index contributed by atoms with van der Waals surface area (Å²) in [5.74, 6) is 0.912. The summed E-state index contributed by atoms with van der Waals surface area (Å²) in [6, 6.07) is 9.94. The molecular weight excluding hydrogens is 494 g/mol. The number of rotatable bonds is 7. The molecular formula is C26H29N5O5S. The van der Waals surface area contributed by atoms with Crippen molar-refractivity contribution >= 4 is 27.2 Å². The average Bonchev–Trinajstić information content (AvgIpc) is 3.63. The molecule has 1 unspecified atom stereocenters. The van der Waals surface area contributed by atoms with Gasteiger partial charge in [-0.2, -0.15) is 8.42 Å². The highest BCUT2D eigenvalue weighted by Gasteiger charge is 2.43. The second kappa shape index (κ2) is 9.56. The van der Waals surface area contributed by atoms with Crippen LogP contribution >= 0.6 is 0 Å². The molecule has 11 heteroatoms. The Morgan fingerprint density at radius 3 is 2.78 bits per heavy atom. The van der Waals surface area contributed by atoms with E-state index in [1.165, 1.54) is 6.33 Å². The lowest BCUT2D eigenvalue weighted by Gasteiger charge is -2.28. The van der Waals surface area contributed by atoms with E-state index in [1.54, 1.807) is 0 Å². The van der Waals surface area contributed by atoms with E-state index in [-0.39, 0.29) is 18.0 Å². The van der Waals surface area contributed by atoms with Crippen molar-refractivity contribution in [3.05, 3.63) is 72.7 Å². The van der Waals surface area contributed by atoms with Crippen LogP contribution in [0.1, 0.15) is 36.9 Å². The number of aliphatic hydroxyl groups is 1. The summed E-state index contributed by atoms with van der Waals surface area (Å²) in [7, 11) is -4.19. The number of allylic oxidation sites excluding steroid dienone is 2.